The van der Waals surface area contributed by atoms with E-state index in [1.165, 1.54) is 17.4 Å². The van der Waals surface area contributed by atoms with Crippen LogP contribution in [-0.4, -0.2) is 22.7 Å². The normalized spacial score (nSPS) is 9.62. The third kappa shape index (κ3) is 4.88. The number of halogens is 1. The Morgan fingerprint density at radius 1 is 1.48 bits per heavy atom. The average Bonchev–Trinajstić information content (AvgIpc) is 2.89. The van der Waals surface area contributed by atoms with Crippen LogP contribution >= 0.6 is 22.9 Å². The second kappa shape index (κ2) is 8.44. The van der Waals surface area contributed by atoms with Crippen LogP contribution in [0.1, 0.15) is 12.6 Å². The molecular formula is C15H16ClNO3S. The van der Waals surface area contributed by atoms with Gasteiger partial charge in [-0.2, -0.15) is 0 Å². The van der Waals surface area contributed by atoms with Crippen molar-refractivity contribution in [3.8, 4) is 16.3 Å². The number of esters is 1. The Morgan fingerprint density at radius 2 is 2.19 bits per heavy atom. The lowest BCUT2D eigenvalue weighted by atomic mass is 10.2. The molecule has 0 saturated heterocycles. The SMILES string of the molecule is C=C.CCOC(=O)Cc1csc(-c2ccc(O)cc2Cl)n1. The number of benzene rings is 1. The molecule has 21 heavy (non-hydrogen) atoms. The molecule has 0 aliphatic carbocycles. The summed E-state index contributed by atoms with van der Waals surface area (Å²) in [4.78, 5) is 15.7. The van der Waals surface area contributed by atoms with Crippen molar-refractivity contribution >= 4 is 28.9 Å². The molecule has 0 unspecified atom stereocenters. The minimum absolute atomic E-state index is 0.108. The minimum Gasteiger partial charge on any atom is -0.508 e. The number of thiazole rings is 1. The molecule has 0 aliphatic heterocycles. The molecule has 0 radical (unpaired) electrons. The van der Waals surface area contributed by atoms with E-state index in [1.807, 2.05) is 0 Å². The smallest absolute Gasteiger partial charge is 0.311 e. The quantitative estimate of drug-likeness (QED) is 0.679. The van der Waals surface area contributed by atoms with Crippen LogP contribution < -0.4 is 0 Å². The van der Waals surface area contributed by atoms with Crippen LogP contribution in [0.4, 0.5) is 0 Å². The largest absolute Gasteiger partial charge is 0.508 e. The summed E-state index contributed by atoms with van der Waals surface area (Å²) in [6, 6.07) is 4.71. The van der Waals surface area contributed by atoms with Gasteiger partial charge < -0.3 is 9.84 Å². The van der Waals surface area contributed by atoms with Crippen molar-refractivity contribution in [1.29, 1.82) is 0 Å². The third-order valence-electron chi connectivity index (χ3n) is 2.37. The molecule has 0 fully saturated rings. The van der Waals surface area contributed by atoms with Crippen LogP contribution in [0, 0.1) is 0 Å². The molecule has 0 aliphatic rings. The second-order valence-electron chi connectivity index (χ2n) is 3.79. The molecule has 1 aromatic heterocycles. The van der Waals surface area contributed by atoms with Gasteiger partial charge in [0.25, 0.3) is 0 Å². The highest BCUT2D eigenvalue weighted by Crippen LogP contribution is 2.32. The summed E-state index contributed by atoms with van der Waals surface area (Å²) in [6.07, 6.45) is 0.153. The molecule has 0 amide bonds. The van der Waals surface area contributed by atoms with E-state index in [0.717, 1.165) is 5.56 Å². The molecule has 0 atom stereocenters. The van der Waals surface area contributed by atoms with Gasteiger partial charge in [-0.1, -0.05) is 11.6 Å². The number of carbonyl (C=O) groups excluding carboxylic acids is 1. The Morgan fingerprint density at radius 3 is 2.81 bits per heavy atom. The number of hydrogen-bond donors (Lipinski definition) is 1. The topological polar surface area (TPSA) is 59.4 Å². The molecule has 4 nitrogen and oxygen atoms in total. The van der Waals surface area contributed by atoms with Crippen molar-refractivity contribution in [1.82, 2.24) is 4.98 Å². The fourth-order valence-corrected chi connectivity index (χ4v) is 2.73. The van der Waals surface area contributed by atoms with E-state index in [-0.39, 0.29) is 18.1 Å². The molecule has 1 heterocycles. The van der Waals surface area contributed by atoms with Gasteiger partial charge in [0.2, 0.25) is 0 Å². The van der Waals surface area contributed by atoms with Gasteiger partial charge in [0.15, 0.2) is 0 Å². The van der Waals surface area contributed by atoms with Gasteiger partial charge in [0.05, 0.1) is 23.7 Å². The monoisotopic (exact) mass is 325 g/mol. The van der Waals surface area contributed by atoms with Crippen LogP contribution in [0.25, 0.3) is 10.6 Å². The van der Waals surface area contributed by atoms with Crippen molar-refractivity contribution in [2.75, 3.05) is 6.61 Å². The Balaban J connectivity index is 0.00000106. The van der Waals surface area contributed by atoms with Crippen molar-refractivity contribution in [2.24, 2.45) is 0 Å². The van der Waals surface area contributed by atoms with E-state index in [9.17, 15) is 9.90 Å². The van der Waals surface area contributed by atoms with E-state index in [4.69, 9.17) is 16.3 Å². The number of aromatic nitrogens is 1. The summed E-state index contributed by atoms with van der Waals surface area (Å²) < 4.78 is 4.87. The van der Waals surface area contributed by atoms with Crippen molar-refractivity contribution in [3.63, 3.8) is 0 Å². The van der Waals surface area contributed by atoms with Gasteiger partial charge in [-0.3, -0.25) is 4.79 Å². The molecule has 0 saturated carbocycles. The predicted octanol–water partition coefficient (Wildman–Crippen LogP) is 4.08. The summed E-state index contributed by atoms with van der Waals surface area (Å²) in [7, 11) is 0. The maximum absolute atomic E-state index is 11.4. The van der Waals surface area contributed by atoms with E-state index in [1.54, 1.807) is 24.4 Å². The lowest BCUT2D eigenvalue weighted by Gasteiger charge is -2.01. The predicted molar refractivity (Wildman–Crippen MR) is 85.8 cm³/mol. The van der Waals surface area contributed by atoms with Crippen molar-refractivity contribution in [2.45, 2.75) is 13.3 Å². The zero-order valence-electron chi connectivity index (χ0n) is 11.6. The molecule has 112 valence electrons. The summed E-state index contributed by atoms with van der Waals surface area (Å²) in [6.45, 7) is 8.13. The molecular weight excluding hydrogens is 310 g/mol. The first-order chi connectivity index (χ1) is 10.1. The standard InChI is InChI=1S/C13H12ClNO3S.C2H4/c1-2-18-12(17)5-8-7-19-13(15-8)10-4-3-9(16)6-11(10)14;1-2/h3-4,6-7,16H,2,5H2,1H3;1-2H2. The Labute approximate surface area is 132 Å². The highest BCUT2D eigenvalue weighted by molar-refractivity contribution is 7.13. The van der Waals surface area contributed by atoms with Crippen molar-refractivity contribution in [3.05, 3.63) is 47.5 Å². The van der Waals surface area contributed by atoms with Gasteiger partial charge in [0.1, 0.15) is 10.8 Å². The molecule has 0 spiro atoms. The van der Waals surface area contributed by atoms with Crippen LogP contribution in [0.2, 0.25) is 5.02 Å². The number of hydrogen-bond acceptors (Lipinski definition) is 5. The Kier molecular flexibility index (Phi) is 6.91. The number of rotatable bonds is 4. The molecule has 1 aromatic carbocycles. The molecule has 1 N–H and O–H groups in total. The summed E-state index contributed by atoms with van der Waals surface area (Å²) in [5.41, 5.74) is 1.39. The third-order valence-corrected chi connectivity index (χ3v) is 3.60. The van der Waals surface area contributed by atoms with Gasteiger partial charge in [-0.25, -0.2) is 4.98 Å². The first kappa shape index (κ1) is 17.2. The first-order valence-corrected chi connectivity index (χ1v) is 7.45. The second-order valence-corrected chi connectivity index (χ2v) is 5.06. The van der Waals surface area contributed by atoms with E-state index in [0.29, 0.717) is 22.3 Å². The van der Waals surface area contributed by atoms with E-state index >= 15 is 0 Å². The lowest BCUT2D eigenvalue weighted by molar-refractivity contribution is -0.142. The number of ether oxygens (including phenoxy) is 1. The maximum Gasteiger partial charge on any atom is 0.311 e. The van der Waals surface area contributed by atoms with Crippen LogP contribution in [-0.2, 0) is 16.0 Å². The number of phenolic OH excluding ortho intramolecular Hbond substituents is 1. The zero-order chi connectivity index (χ0) is 15.8. The summed E-state index contributed by atoms with van der Waals surface area (Å²) in [5.74, 6) is -0.187. The average molecular weight is 326 g/mol. The van der Waals surface area contributed by atoms with Gasteiger partial charge in [-0.05, 0) is 25.1 Å². The Bertz CT molecular complexity index is 613. The highest BCUT2D eigenvalue weighted by atomic mass is 35.5. The number of carbonyl (C=O) groups is 1. The molecule has 2 rings (SSSR count). The molecule has 0 bridgehead atoms. The number of nitrogens with zero attached hydrogens (tertiary/aromatic N) is 1. The van der Waals surface area contributed by atoms with Gasteiger partial charge in [0, 0.05) is 10.9 Å². The van der Waals surface area contributed by atoms with Gasteiger partial charge >= 0.3 is 5.97 Å². The van der Waals surface area contributed by atoms with Gasteiger partial charge in [-0.15, -0.1) is 24.5 Å². The Hall–Kier alpha value is -1.85. The summed E-state index contributed by atoms with van der Waals surface area (Å²) in [5, 5.41) is 12.2. The van der Waals surface area contributed by atoms with E-state index < -0.39 is 0 Å². The number of phenols is 1. The van der Waals surface area contributed by atoms with E-state index in [2.05, 4.69) is 18.1 Å². The molecule has 6 heteroatoms. The fourth-order valence-electron chi connectivity index (χ4n) is 1.55. The first-order valence-electron chi connectivity index (χ1n) is 6.19. The fraction of sp³-hybridized carbons (Fsp3) is 0.200. The summed E-state index contributed by atoms with van der Waals surface area (Å²) >= 11 is 7.44. The van der Waals surface area contributed by atoms with Crippen molar-refractivity contribution < 1.29 is 14.6 Å². The maximum atomic E-state index is 11.4. The zero-order valence-corrected chi connectivity index (χ0v) is 13.2. The molecule has 2 aromatic rings. The van der Waals surface area contributed by atoms with Crippen LogP contribution in [0.15, 0.2) is 36.7 Å². The lowest BCUT2D eigenvalue weighted by Crippen LogP contribution is -2.07. The van der Waals surface area contributed by atoms with Crippen LogP contribution in [0.3, 0.4) is 0 Å². The number of aromatic hydroxyl groups is 1. The highest BCUT2D eigenvalue weighted by Gasteiger charge is 2.12. The minimum atomic E-state index is -0.295. The van der Waals surface area contributed by atoms with Crippen LogP contribution in [0.5, 0.6) is 5.75 Å².